The van der Waals surface area contributed by atoms with Crippen LogP contribution in [-0.2, 0) is 16.1 Å². The van der Waals surface area contributed by atoms with Gasteiger partial charge in [-0.05, 0) is 36.1 Å². The first-order valence-corrected chi connectivity index (χ1v) is 12.0. The summed E-state index contributed by atoms with van der Waals surface area (Å²) in [5.41, 5.74) is 3.22. The van der Waals surface area contributed by atoms with Crippen molar-refractivity contribution < 1.29 is 9.59 Å². The third-order valence-corrected chi connectivity index (χ3v) is 6.51. The number of nitrogens with zero attached hydrogens (tertiary/aromatic N) is 3. The minimum absolute atomic E-state index is 0.000942. The van der Waals surface area contributed by atoms with Crippen LogP contribution in [0, 0.1) is 0 Å². The van der Waals surface area contributed by atoms with Gasteiger partial charge < -0.3 is 14.4 Å². The summed E-state index contributed by atoms with van der Waals surface area (Å²) >= 11 is 0. The zero-order chi connectivity index (χ0) is 23.2. The van der Waals surface area contributed by atoms with Crippen molar-refractivity contribution in [2.24, 2.45) is 0 Å². The fourth-order valence-corrected chi connectivity index (χ4v) is 4.89. The minimum atomic E-state index is -0.228. The van der Waals surface area contributed by atoms with Gasteiger partial charge in [-0.3, -0.25) is 9.59 Å². The summed E-state index contributed by atoms with van der Waals surface area (Å²) in [6, 6.07) is 24.1. The predicted octanol–water partition coefficient (Wildman–Crippen LogP) is 4.85. The lowest BCUT2D eigenvalue weighted by Gasteiger charge is -2.38. The number of benzene rings is 2. The van der Waals surface area contributed by atoms with Crippen molar-refractivity contribution in [1.29, 1.82) is 0 Å². The molecule has 0 radical (unpaired) electrons. The highest BCUT2D eigenvalue weighted by molar-refractivity contribution is 5.89. The number of fused-ring (bicyclic) bond motifs is 1. The molecule has 0 saturated carbocycles. The summed E-state index contributed by atoms with van der Waals surface area (Å²) in [6.07, 6.45) is 3.60. The SMILES string of the molecule is CCCN(CC(=O)N1CCn2cccc2C1c1ccccc1)C(=O)C(CC)c1ccccc1. The molecule has 1 aliphatic rings. The van der Waals surface area contributed by atoms with Crippen LogP contribution in [0.15, 0.2) is 79.0 Å². The van der Waals surface area contributed by atoms with E-state index in [0.717, 1.165) is 29.8 Å². The average molecular weight is 444 g/mol. The number of hydrogen-bond donors (Lipinski definition) is 0. The van der Waals surface area contributed by atoms with Crippen molar-refractivity contribution in [1.82, 2.24) is 14.4 Å². The quantitative estimate of drug-likeness (QED) is 0.500. The van der Waals surface area contributed by atoms with Gasteiger partial charge in [-0.1, -0.05) is 74.5 Å². The molecule has 2 heterocycles. The smallest absolute Gasteiger partial charge is 0.243 e. The summed E-state index contributed by atoms with van der Waals surface area (Å²) in [5.74, 6) is -0.189. The van der Waals surface area contributed by atoms with Gasteiger partial charge in [0.15, 0.2) is 0 Å². The van der Waals surface area contributed by atoms with Crippen molar-refractivity contribution >= 4 is 11.8 Å². The molecule has 33 heavy (non-hydrogen) atoms. The van der Waals surface area contributed by atoms with Crippen molar-refractivity contribution in [3.05, 3.63) is 95.8 Å². The van der Waals surface area contributed by atoms with Crippen LogP contribution in [0.4, 0.5) is 0 Å². The number of carbonyl (C=O) groups excluding carboxylic acids is 2. The number of hydrogen-bond acceptors (Lipinski definition) is 2. The standard InChI is InChI=1S/C28H33N3O2/c1-3-17-30(28(33)24(4-2)22-12-7-5-8-13-22)21-26(32)31-20-19-29-18-11-16-25(29)27(31)23-14-9-6-10-15-23/h5-16,18,24,27H,3-4,17,19-21H2,1-2H3. The van der Waals surface area contributed by atoms with Crippen LogP contribution in [0.5, 0.6) is 0 Å². The first kappa shape index (κ1) is 22.8. The summed E-state index contributed by atoms with van der Waals surface area (Å²) in [5, 5.41) is 0. The number of rotatable bonds is 8. The second-order valence-corrected chi connectivity index (χ2v) is 8.66. The van der Waals surface area contributed by atoms with Gasteiger partial charge in [-0.25, -0.2) is 0 Å². The molecule has 2 unspecified atom stereocenters. The summed E-state index contributed by atoms with van der Waals surface area (Å²) < 4.78 is 2.22. The van der Waals surface area contributed by atoms with E-state index in [2.05, 4.69) is 35.9 Å². The Morgan fingerprint density at radius 2 is 1.64 bits per heavy atom. The average Bonchev–Trinajstić information content (AvgIpc) is 3.33. The topological polar surface area (TPSA) is 45.6 Å². The van der Waals surface area contributed by atoms with Gasteiger partial charge in [0, 0.05) is 31.5 Å². The fraction of sp³-hybridized carbons (Fsp3) is 0.357. The van der Waals surface area contributed by atoms with Crippen LogP contribution in [0.25, 0.3) is 0 Å². The molecule has 5 nitrogen and oxygen atoms in total. The van der Waals surface area contributed by atoms with Gasteiger partial charge >= 0.3 is 0 Å². The largest absolute Gasteiger partial charge is 0.348 e. The Labute approximate surface area is 196 Å². The van der Waals surface area contributed by atoms with Gasteiger partial charge in [0.25, 0.3) is 0 Å². The van der Waals surface area contributed by atoms with E-state index < -0.39 is 0 Å². The summed E-state index contributed by atoms with van der Waals surface area (Å²) in [6.45, 7) is 6.17. The molecule has 172 valence electrons. The third-order valence-electron chi connectivity index (χ3n) is 6.51. The van der Waals surface area contributed by atoms with E-state index in [9.17, 15) is 9.59 Å². The second-order valence-electron chi connectivity index (χ2n) is 8.66. The number of carbonyl (C=O) groups is 2. The molecule has 0 fully saturated rings. The normalized spacial score (nSPS) is 16.2. The number of amides is 2. The molecular weight excluding hydrogens is 410 g/mol. The van der Waals surface area contributed by atoms with Crippen LogP contribution in [0.2, 0.25) is 0 Å². The van der Waals surface area contributed by atoms with E-state index in [0.29, 0.717) is 19.5 Å². The maximum absolute atomic E-state index is 13.7. The highest BCUT2D eigenvalue weighted by atomic mass is 16.2. The Morgan fingerprint density at radius 1 is 0.939 bits per heavy atom. The van der Waals surface area contributed by atoms with E-state index in [4.69, 9.17) is 0 Å². The third kappa shape index (κ3) is 4.87. The molecule has 0 N–H and O–H groups in total. The van der Waals surface area contributed by atoms with Gasteiger partial charge in [0.05, 0.1) is 18.5 Å². The molecule has 1 aliphatic heterocycles. The van der Waals surface area contributed by atoms with E-state index in [1.807, 2.05) is 66.4 Å². The van der Waals surface area contributed by atoms with E-state index in [1.54, 1.807) is 4.90 Å². The van der Waals surface area contributed by atoms with Crippen molar-refractivity contribution in [2.75, 3.05) is 19.6 Å². The van der Waals surface area contributed by atoms with E-state index in [-0.39, 0.29) is 30.3 Å². The Bertz CT molecular complexity index is 1060. The monoisotopic (exact) mass is 443 g/mol. The number of aromatic nitrogens is 1. The highest BCUT2D eigenvalue weighted by Crippen LogP contribution is 2.32. The lowest BCUT2D eigenvalue weighted by molar-refractivity contribution is -0.143. The van der Waals surface area contributed by atoms with Gasteiger partial charge in [-0.15, -0.1) is 0 Å². The Hall–Kier alpha value is -3.34. The van der Waals surface area contributed by atoms with Crippen LogP contribution >= 0.6 is 0 Å². The fourth-order valence-electron chi connectivity index (χ4n) is 4.89. The van der Waals surface area contributed by atoms with Crippen molar-refractivity contribution in [3.8, 4) is 0 Å². The maximum Gasteiger partial charge on any atom is 0.243 e. The molecule has 0 spiro atoms. The zero-order valence-electron chi connectivity index (χ0n) is 19.6. The molecule has 5 heteroatoms. The first-order valence-electron chi connectivity index (χ1n) is 12.0. The Kier molecular flexibility index (Phi) is 7.28. The minimum Gasteiger partial charge on any atom is -0.348 e. The van der Waals surface area contributed by atoms with E-state index in [1.165, 1.54) is 0 Å². The van der Waals surface area contributed by atoms with Crippen molar-refractivity contribution in [2.45, 2.75) is 45.2 Å². The lowest BCUT2D eigenvalue weighted by atomic mass is 9.95. The van der Waals surface area contributed by atoms with Gasteiger partial charge in [0.1, 0.15) is 0 Å². The molecule has 3 aromatic rings. The molecule has 0 saturated heterocycles. The molecule has 2 aromatic carbocycles. The van der Waals surface area contributed by atoms with Crippen molar-refractivity contribution in [3.63, 3.8) is 0 Å². The van der Waals surface area contributed by atoms with Gasteiger partial charge in [-0.2, -0.15) is 0 Å². The van der Waals surface area contributed by atoms with Crippen LogP contribution < -0.4 is 0 Å². The summed E-state index contributed by atoms with van der Waals surface area (Å²) in [7, 11) is 0. The summed E-state index contributed by atoms with van der Waals surface area (Å²) in [4.78, 5) is 30.9. The molecule has 1 aromatic heterocycles. The van der Waals surface area contributed by atoms with Crippen LogP contribution in [0.1, 0.15) is 55.5 Å². The lowest BCUT2D eigenvalue weighted by Crippen LogP contribution is -2.48. The highest BCUT2D eigenvalue weighted by Gasteiger charge is 2.34. The Morgan fingerprint density at radius 3 is 2.30 bits per heavy atom. The molecule has 2 amide bonds. The molecular formula is C28H33N3O2. The molecule has 2 atom stereocenters. The predicted molar refractivity (Wildman–Crippen MR) is 131 cm³/mol. The first-order chi connectivity index (χ1) is 16.1. The Balaban J connectivity index is 1.58. The maximum atomic E-state index is 13.7. The zero-order valence-corrected chi connectivity index (χ0v) is 19.6. The molecule has 0 aliphatic carbocycles. The second kappa shape index (κ2) is 10.5. The molecule has 4 rings (SSSR count). The van der Waals surface area contributed by atoms with Crippen LogP contribution in [-0.4, -0.2) is 45.8 Å². The van der Waals surface area contributed by atoms with Gasteiger partial charge in [0.2, 0.25) is 11.8 Å². The van der Waals surface area contributed by atoms with E-state index >= 15 is 0 Å². The van der Waals surface area contributed by atoms with Crippen LogP contribution in [0.3, 0.4) is 0 Å². The molecule has 0 bridgehead atoms.